The van der Waals surface area contributed by atoms with Crippen LogP contribution in [0, 0.1) is 17.4 Å². The molecule has 12 aromatic rings. The van der Waals surface area contributed by atoms with E-state index in [0.29, 0.717) is 22.8 Å². The monoisotopic (exact) mass is 1250 g/mol. The fourth-order valence-corrected chi connectivity index (χ4v) is 12.4. The minimum Gasteiger partial charge on any atom is -0.496 e. The summed E-state index contributed by atoms with van der Waals surface area (Å²) in [6.45, 7) is 3.84. The predicted molar refractivity (Wildman–Crippen MR) is 319 cm³/mol. The molecule has 0 saturated carbocycles. The molecule has 14 nitrogen and oxygen atoms in total. The third-order valence-electron chi connectivity index (χ3n) is 12.9. The molecule has 0 radical (unpaired) electrons. The van der Waals surface area contributed by atoms with E-state index in [1.807, 2.05) is 134 Å². The molecule has 0 spiro atoms. The van der Waals surface area contributed by atoms with E-state index >= 15 is 0 Å². The van der Waals surface area contributed by atoms with Crippen molar-refractivity contribution in [2.45, 2.75) is 23.6 Å². The van der Waals surface area contributed by atoms with Gasteiger partial charge in [0, 0.05) is 101 Å². The zero-order chi connectivity index (χ0) is 54.7. The number of aromatic nitrogens is 7. The van der Waals surface area contributed by atoms with E-state index < -0.39 is 20.0 Å². The van der Waals surface area contributed by atoms with Gasteiger partial charge in [-0.25, -0.2) is 39.7 Å². The number of para-hydroxylation sites is 3. The number of fused-ring (bicyclic) bond motifs is 3. The summed E-state index contributed by atoms with van der Waals surface area (Å²) in [5.41, 5.74) is 9.91. The third-order valence-corrected chi connectivity index (χ3v) is 17.3. The highest BCUT2D eigenvalue weighted by Crippen LogP contribution is 2.40. The highest BCUT2D eigenvalue weighted by atomic mass is 127. The van der Waals surface area contributed by atoms with Crippen molar-refractivity contribution in [1.82, 2.24) is 32.4 Å². The quantitative estimate of drug-likeness (QED) is 0.123. The summed E-state index contributed by atoms with van der Waals surface area (Å²) in [6, 6.07) is 46.6. The second kappa shape index (κ2) is 22.5. The van der Waals surface area contributed by atoms with Gasteiger partial charge in [-0.3, -0.25) is 0 Å². The molecule has 0 aliphatic rings. The van der Waals surface area contributed by atoms with Crippen molar-refractivity contribution in [3.8, 4) is 56.3 Å². The molecule has 12 rings (SSSR count). The summed E-state index contributed by atoms with van der Waals surface area (Å²) in [4.78, 5) is 17.0. The molecule has 18 heteroatoms. The number of hydrogen-bond acceptors (Lipinski definition) is 10. The summed E-state index contributed by atoms with van der Waals surface area (Å²) >= 11 is 5.61. The van der Waals surface area contributed by atoms with Crippen LogP contribution in [0.2, 0.25) is 0 Å². The second-order valence-electron chi connectivity index (χ2n) is 17.8. The van der Waals surface area contributed by atoms with Crippen molar-refractivity contribution in [1.29, 1.82) is 0 Å². The molecular formula is C60H49BrIN7O7S2. The molecule has 0 amide bonds. The fourth-order valence-electron chi connectivity index (χ4n) is 9.02. The number of aromatic amines is 1. The van der Waals surface area contributed by atoms with Gasteiger partial charge in [-0.05, 0) is 125 Å². The zero-order valence-corrected chi connectivity index (χ0v) is 48.0. The van der Waals surface area contributed by atoms with E-state index in [4.69, 9.17) is 14.2 Å². The van der Waals surface area contributed by atoms with Crippen LogP contribution in [0.3, 0.4) is 0 Å². The number of aryl methyl sites for hydroxylation is 2. The lowest BCUT2D eigenvalue weighted by Crippen LogP contribution is -2.12. The fraction of sp³-hybridized carbons (Fsp3) is 0.0833. The van der Waals surface area contributed by atoms with E-state index in [2.05, 4.69) is 70.6 Å². The molecule has 1 N–H and O–H groups in total. The number of methoxy groups -OCH3 is 3. The van der Waals surface area contributed by atoms with E-state index in [0.717, 1.165) is 85.8 Å². The molecule has 7 aromatic heterocycles. The Kier molecular flexibility index (Phi) is 15.4. The van der Waals surface area contributed by atoms with Gasteiger partial charge < -0.3 is 23.8 Å². The van der Waals surface area contributed by atoms with Crippen LogP contribution in [-0.4, -0.2) is 70.6 Å². The maximum Gasteiger partial charge on any atom is 0.269 e. The Morgan fingerprint density at radius 3 is 1.44 bits per heavy atom. The number of nitrogens with one attached hydrogen (secondary N) is 1. The van der Waals surface area contributed by atoms with Gasteiger partial charge in [-0.1, -0.05) is 90.0 Å². The van der Waals surface area contributed by atoms with Crippen LogP contribution in [0.15, 0.2) is 215 Å². The molecule has 392 valence electrons. The van der Waals surface area contributed by atoms with Crippen LogP contribution in [0.25, 0.3) is 72.2 Å². The molecule has 0 fully saturated rings. The Hall–Kier alpha value is -8.04. The summed E-state index contributed by atoms with van der Waals surface area (Å²) in [6.07, 6.45) is 14.4. The smallest absolute Gasteiger partial charge is 0.269 e. The Morgan fingerprint density at radius 1 is 0.500 bits per heavy atom. The number of hydrogen-bond donors (Lipinski definition) is 1. The van der Waals surface area contributed by atoms with E-state index in [9.17, 15) is 16.8 Å². The first kappa shape index (κ1) is 53.4. The van der Waals surface area contributed by atoms with Crippen molar-refractivity contribution in [2.75, 3.05) is 21.3 Å². The molecule has 7 heterocycles. The van der Waals surface area contributed by atoms with Gasteiger partial charge in [-0.2, -0.15) is 0 Å². The van der Waals surface area contributed by atoms with Crippen molar-refractivity contribution in [3.05, 3.63) is 220 Å². The van der Waals surface area contributed by atoms with Crippen LogP contribution in [0.4, 0.5) is 0 Å². The average molecular weight is 1250 g/mol. The standard InChI is InChI=1S/C21H17BrN2O3S.C21H17IN2O3S.C18H15N3O/c2*1-14-7-9-16(10-8-14)28(25,26)24-13-19(17-5-3-4-6-20(17)27-2)18-11-15(22)12-23-21(18)24;1-22-17-7-3-2-6-14(17)16-12-20-18-15(16)10-13(11-19-18)21-8-4-5-9-21/h2*3-13H,1-2H3;2-12H,1H3,(H,19,20). The molecule has 0 bridgehead atoms. The molecular weight excluding hydrogens is 1200 g/mol. The maximum absolute atomic E-state index is 13.3. The summed E-state index contributed by atoms with van der Waals surface area (Å²) in [5, 5.41) is 2.55. The molecule has 0 atom stereocenters. The highest BCUT2D eigenvalue weighted by molar-refractivity contribution is 14.1. The van der Waals surface area contributed by atoms with Crippen LogP contribution in [0.5, 0.6) is 17.2 Å². The maximum atomic E-state index is 13.3. The molecule has 5 aromatic carbocycles. The largest absolute Gasteiger partial charge is 0.496 e. The van der Waals surface area contributed by atoms with Gasteiger partial charge in [-0.15, -0.1) is 0 Å². The van der Waals surface area contributed by atoms with Crippen LogP contribution in [-0.2, 0) is 20.0 Å². The Morgan fingerprint density at radius 2 is 0.949 bits per heavy atom. The van der Waals surface area contributed by atoms with Crippen LogP contribution in [0.1, 0.15) is 11.1 Å². The normalized spacial score (nSPS) is 11.5. The summed E-state index contributed by atoms with van der Waals surface area (Å²) < 4.78 is 76.0. The summed E-state index contributed by atoms with van der Waals surface area (Å²) in [7, 11) is -2.71. The molecule has 78 heavy (non-hydrogen) atoms. The second-order valence-corrected chi connectivity index (χ2v) is 23.6. The van der Waals surface area contributed by atoms with E-state index in [1.165, 1.54) is 7.94 Å². The first-order valence-corrected chi connectivity index (χ1v) is 28.9. The Balaban J connectivity index is 0.000000133. The lowest BCUT2D eigenvalue weighted by atomic mass is 10.0. The van der Waals surface area contributed by atoms with Crippen molar-refractivity contribution >= 4 is 91.7 Å². The topological polar surface area (TPSA) is 165 Å². The lowest BCUT2D eigenvalue weighted by Gasteiger charge is -2.08. The summed E-state index contributed by atoms with van der Waals surface area (Å²) in [5.74, 6) is 2.19. The highest BCUT2D eigenvalue weighted by Gasteiger charge is 2.26. The van der Waals surface area contributed by atoms with Gasteiger partial charge in [0.2, 0.25) is 0 Å². The zero-order valence-electron chi connectivity index (χ0n) is 42.7. The van der Waals surface area contributed by atoms with E-state index in [1.54, 1.807) is 94.6 Å². The number of nitrogens with zero attached hydrogens (tertiary/aromatic N) is 6. The third kappa shape index (κ3) is 10.5. The van der Waals surface area contributed by atoms with Crippen molar-refractivity contribution in [2.24, 2.45) is 0 Å². The molecule has 0 aliphatic carbocycles. The number of ether oxygens (including phenoxy) is 3. The van der Waals surface area contributed by atoms with Gasteiger partial charge in [0.25, 0.3) is 20.0 Å². The Labute approximate surface area is 473 Å². The van der Waals surface area contributed by atoms with Crippen molar-refractivity contribution < 1.29 is 31.0 Å². The SMILES string of the molecule is COc1ccccc1-c1c[nH]c2ncc(-n3cccc3)cc12.COc1ccccc1-c1cn(S(=O)(=O)c2ccc(C)cc2)c2ncc(Br)cc12.COc1ccccc1-c1cn(S(=O)(=O)c2ccc(C)cc2)c2ncc(I)cc12. The molecule has 0 aliphatic heterocycles. The minimum absolute atomic E-state index is 0.214. The van der Waals surface area contributed by atoms with E-state index in [-0.39, 0.29) is 9.79 Å². The number of H-pyrrole nitrogens is 1. The number of halogens is 2. The average Bonchev–Trinajstić information content (AvgIpc) is 4.50. The first-order chi connectivity index (χ1) is 37.7. The van der Waals surface area contributed by atoms with Crippen molar-refractivity contribution in [3.63, 3.8) is 0 Å². The van der Waals surface area contributed by atoms with Crippen LogP contribution >= 0.6 is 38.5 Å². The molecule has 0 unspecified atom stereocenters. The van der Waals surface area contributed by atoms with Gasteiger partial charge >= 0.3 is 0 Å². The van der Waals surface area contributed by atoms with Gasteiger partial charge in [0.1, 0.15) is 22.9 Å². The number of benzene rings is 5. The first-order valence-electron chi connectivity index (χ1n) is 24.2. The predicted octanol–water partition coefficient (Wildman–Crippen LogP) is 13.9. The number of pyridine rings is 3. The van der Waals surface area contributed by atoms with Gasteiger partial charge in [0.15, 0.2) is 11.3 Å². The lowest BCUT2D eigenvalue weighted by molar-refractivity contribution is 0.416. The van der Waals surface area contributed by atoms with Crippen LogP contribution < -0.4 is 14.2 Å². The minimum atomic E-state index is -3.80. The van der Waals surface area contributed by atoms with Gasteiger partial charge in [0.05, 0.1) is 43.0 Å². The number of rotatable bonds is 11. The molecule has 0 saturated heterocycles. The Bertz CT molecular complexity index is 4170.